The molecule has 0 aliphatic carbocycles. The van der Waals surface area contributed by atoms with E-state index in [1.54, 1.807) is 12.3 Å². The summed E-state index contributed by atoms with van der Waals surface area (Å²) in [6.45, 7) is 5.77. The first kappa shape index (κ1) is 15.9. The number of aromatic nitrogens is 1. The summed E-state index contributed by atoms with van der Waals surface area (Å²) in [5.41, 5.74) is 3.54. The molecule has 1 atom stereocenters. The van der Waals surface area contributed by atoms with E-state index >= 15 is 0 Å². The molecule has 6 nitrogen and oxygen atoms in total. The van der Waals surface area contributed by atoms with E-state index in [1.165, 1.54) is 0 Å². The van der Waals surface area contributed by atoms with Crippen LogP contribution in [0.2, 0.25) is 0 Å². The SMILES string of the molecule is CCCOC1CCCN(Cc2ccc(C(=O)NN)cn2)C1. The fourth-order valence-electron chi connectivity index (χ4n) is 2.54. The van der Waals surface area contributed by atoms with Crippen LogP contribution in [0.5, 0.6) is 0 Å². The van der Waals surface area contributed by atoms with Crippen LogP contribution in [0.15, 0.2) is 18.3 Å². The van der Waals surface area contributed by atoms with Gasteiger partial charge in [0.2, 0.25) is 0 Å². The molecule has 1 amide bonds. The molecule has 1 aliphatic heterocycles. The van der Waals surface area contributed by atoms with Crippen molar-refractivity contribution in [2.24, 2.45) is 5.84 Å². The third-order valence-electron chi connectivity index (χ3n) is 3.62. The molecule has 0 aromatic carbocycles. The third-order valence-corrected chi connectivity index (χ3v) is 3.62. The average molecular weight is 292 g/mol. The molecule has 1 aliphatic rings. The second-order valence-electron chi connectivity index (χ2n) is 5.38. The summed E-state index contributed by atoms with van der Waals surface area (Å²) in [7, 11) is 0. The van der Waals surface area contributed by atoms with Gasteiger partial charge in [0.05, 0.1) is 17.4 Å². The highest BCUT2D eigenvalue weighted by atomic mass is 16.5. The Bertz CT molecular complexity index is 449. The Labute approximate surface area is 125 Å². The fraction of sp³-hybridized carbons (Fsp3) is 0.600. The van der Waals surface area contributed by atoms with Gasteiger partial charge in [-0.25, -0.2) is 5.84 Å². The van der Waals surface area contributed by atoms with Gasteiger partial charge in [0, 0.05) is 25.9 Å². The van der Waals surface area contributed by atoms with Crippen LogP contribution >= 0.6 is 0 Å². The van der Waals surface area contributed by atoms with Gasteiger partial charge in [0.1, 0.15) is 0 Å². The topological polar surface area (TPSA) is 80.5 Å². The standard InChI is InChI=1S/C15H24N4O2/c1-2-8-21-14-4-3-7-19(11-14)10-13-6-5-12(9-17-13)15(20)18-16/h5-6,9,14H,2-4,7-8,10-11,16H2,1H3,(H,18,20). The van der Waals surface area contributed by atoms with Crippen molar-refractivity contribution in [2.75, 3.05) is 19.7 Å². The number of hydrogen-bond donors (Lipinski definition) is 2. The Kier molecular flexibility index (Phi) is 6.10. The van der Waals surface area contributed by atoms with E-state index < -0.39 is 0 Å². The summed E-state index contributed by atoms with van der Waals surface area (Å²) in [6, 6.07) is 3.63. The molecule has 1 aromatic heterocycles. The van der Waals surface area contributed by atoms with E-state index in [9.17, 15) is 4.79 Å². The lowest BCUT2D eigenvalue weighted by atomic mass is 10.1. The lowest BCUT2D eigenvalue weighted by molar-refractivity contribution is -0.00252. The molecule has 2 rings (SSSR count). The first-order chi connectivity index (χ1) is 10.2. The molecule has 21 heavy (non-hydrogen) atoms. The van der Waals surface area contributed by atoms with Crippen LogP contribution in [0.25, 0.3) is 0 Å². The minimum atomic E-state index is -0.319. The fourth-order valence-corrected chi connectivity index (χ4v) is 2.54. The number of ether oxygens (including phenoxy) is 1. The van der Waals surface area contributed by atoms with Gasteiger partial charge >= 0.3 is 0 Å². The molecule has 1 fully saturated rings. The number of piperidine rings is 1. The quantitative estimate of drug-likeness (QED) is 0.466. The van der Waals surface area contributed by atoms with E-state index in [1.807, 2.05) is 6.07 Å². The third kappa shape index (κ3) is 4.77. The Balaban J connectivity index is 1.87. The summed E-state index contributed by atoms with van der Waals surface area (Å²) in [6.07, 6.45) is 5.25. The maximum absolute atomic E-state index is 11.4. The molecular formula is C15H24N4O2. The van der Waals surface area contributed by atoms with Gasteiger partial charge in [-0.3, -0.25) is 20.1 Å². The number of hydrogen-bond acceptors (Lipinski definition) is 5. The van der Waals surface area contributed by atoms with Gasteiger partial charge in [-0.15, -0.1) is 0 Å². The van der Waals surface area contributed by atoms with Crippen molar-refractivity contribution in [3.8, 4) is 0 Å². The van der Waals surface area contributed by atoms with Crippen LogP contribution in [-0.2, 0) is 11.3 Å². The largest absolute Gasteiger partial charge is 0.377 e. The number of carbonyl (C=O) groups is 1. The number of likely N-dealkylation sites (tertiary alicyclic amines) is 1. The molecular weight excluding hydrogens is 268 g/mol. The first-order valence-corrected chi connectivity index (χ1v) is 7.52. The summed E-state index contributed by atoms with van der Waals surface area (Å²) >= 11 is 0. The van der Waals surface area contributed by atoms with E-state index in [4.69, 9.17) is 10.6 Å². The van der Waals surface area contributed by atoms with Crippen molar-refractivity contribution < 1.29 is 9.53 Å². The zero-order valence-corrected chi connectivity index (χ0v) is 12.5. The van der Waals surface area contributed by atoms with Gasteiger partial charge in [-0.05, 0) is 37.9 Å². The maximum Gasteiger partial charge on any atom is 0.266 e. The Morgan fingerprint density at radius 1 is 1.57 bits per heavy atom. The van der Waals surface area contributed by atoms with Crippen LogP contribution in [0.1, 0.15) is 42.2 Å². The van der Waals surface area contributed by atoms with Gasteiger partial charge in [0.25, 0.3) is 5.91 Å². The lowest BCUT2D eigenvalue weighted by Gasteiger charge is -2.32. The molecule has 116 valence electrons. The van der Waals surface area contributed by atoms with E-state index in [2.05, 4.69) is 22.2 Å². The first-order valence-electron chi connectivity index (χ1n) is 7.52. The minimum Gasteiger partial charge on any atom is -0.377 e. The Morgan fingerprint density at radius 2 is 2.43 bits per heavy atom. The number of nitrogens with one attached hydrogen (secondary N) is 1. The smallest absolute Gasteiger partial charge is 0.266 e. The molecule has 3 N–H and O–H groups in total. The highest BCUT2D eigenvalue weighted by molar-refractivity contribution is 5.93. The van der Waals surface area contributed by atoms with Crippen LogP contribution in [0, 0.1) is 0 Å². The molecule has 1 saturated heterocycles. The number of nitrogens with zero attached hydrogens (tertiary/aromatic N) is 2. The van der Waals surface area contributed by atoms with Crippen molar-refractivity contribution in [3.05, 3.63) is 29.6 Å². The second-order valence-corrected chi connectivity index (χ2v) is 5.38. The van der Waals surface area contributed by atoms with Crippen molar-refractivity contribution in [3.63, 3.8) is 0 Å². The van der Waals surface area contributed by atoms with Crippen LogP contribution in [0.4, 0.5) is 0 Å². The van der Waals surface area contributed by atoms with Gasteiger partial charge < -0.3 is 4.74 Å². The van der Waals surface area contributed by atoms with E-state index in [-0.39, 0.29) is 5.91 Å². The summed E-state index contributed by atoms with van der Waals surface area (Å²) in [4.78, 5) is 18.0. The van der Waals surface area contributed by atoms with Crippen LogP contribution < -0.4 is 11.3 Å². The van der Waals surface area contributed by atoms with Gasteiger partial charge in [-0.2, -0.15) is 0 Å². The monoisotopic (exact) mass is 292 g/mol. The summed E-state index contributed by atoms with van der Waals surface area (Å²) in [5, 5.41) is 0. The second kappa shape index (κ2) is 8.07. The number of pyridine rings is 1. The zero-order chi connectivity index (χ0) is 15.1. The normalized spacial score (nSPS) is 19.4. The maximum atomic E-state index is 11.4. The van der Waals surface area contributed by atoms with E-state index in [0.717, 1.165) is 51.2 Å². The minimum absolute atomic E-state index is 0.319. The predicted molar refractivity (Wildman–Crippen MR) is 80.4 cm³/mol. The molecule has 0 bridgehead atoms. The predicted octanol–water partition coefficient (Wildman–Crippen LogP) is 1.08. The van der Waals surface area contributed by atoms with E-state index in [0.29, 0.717) is 11.7 Å². The van der Waals surface area contributed by atoms with Crippen molar-refractivity contribution >= 4 is 5.91 Å². The highest BCUT2D eigenvalue weighted by Crippen LogP contribution is 2.15. The average Bonchev–Trinajstić information content (AvgIpc) is 2.53. The molecule has 1 aromatic rings. The number of carbonyl (C=O) groups excluding carboxylic acids is 1. The number of hydrazine groups is 1. The molecule has 0 radical (unpaired) electrons. The highest BCUT2D eigenvalue weighted by Gasteiger charge is 2.20. The number of nitrogen functional groups attached to an aromatic ring is 1. The van der Waals surface area contributed by atoms with Crippen molar-refractivity contribution in [1.29, 1.82) is 0 Å². The van der Waals surface area contributed by atoms with Crippen molar-refractivity contribution in [1.82, 2.24) is 15.3 Å². The summed E-state index contributed by atoms with van der Waals surface area (Å²) < 4.78 is 5.84. The number of amides is 1. The van der Waals surface area contributed by atoms with Crippen molar-refractivity contribution in [2.45, 2.75) is 38.8 Å². The van der Waals surface area contributed by atoms with Crippen LogP contribution in [-0.4, -0.2) is 41.6 Å². The molecule has 6 heteroatoms. The zero-order valence-electron chi connectivity index (χ0n) is 12.5. The lowest BCUT2D eigenvalue weighted by Crippen LogP contribution is -2.39. The molecule has 2 heterocycles. The Morgan fingerprint density at radius 3 is 3.10 bits per heavy atom. The number of rotatable bonds is 6. The molecule has 0 saturated carbocycles. The summed E-state index contributed by atoms with van der Waals surface area (Å²) in [5.74, 6) is 4.78. The number of nitrogens with two attached hydrogens (primary N) is 1. The Hall–Kier alpha value is -1.50. The molecule has 0 spiro atoms. The van der Waals surface area contributed by atoms with Crippen LogP contribution in [0.3, 0.4) is 0 Å². The molecule has 1 unspecified atom stereocenters. The van der Waals surface area contributed by atoms with Gasteiger partial charge in [0.15, 0.2) is 0 Å². The van der Waals surface area contributed by atoms with Gasteiger partial charge in [-0.1, -0.05) is 6.92 Å².